The number of aryl methyl sites for hydroxylation is 1. The van der Waals surface area contributed by atoms with Gasteiger partial charge in [-0.15, -0.1) is 11.8 Å². The average Bonchev–Trinajstić information content (AvgIpc) is 3.27. The fourth-order valence-electron chi connectivity index (χ4n) is 3.47. The fourth-order valence-corrected chi connectivity index (χ4v) is 4.66. The molecule has 0 aliphatic carbocycles. The summed E-state index contributed by atoms with van der Waals surface area (Å²) in [6, 6.07) is 7.90. The molecular formula is C25H25N5O5S. The number of thioether (sulfide) groups is 1. The van der Waals surface area contributed by atoms with E-state index in [1.54, 1.807) is 38.5 Å². The van der Waals surface area contributed by atoms with Gasteiger partial charge >= 0.3 is 5.97 Å². The lowest BCUT2D eigenvalue weighted by atomic mass is 10.1. The van der Waals surface area contributed by atoms with Gasteiger partial charge in [0.1, 0.15) is 28.9 Å². The Labute approximate surface area is 211 Å². The van der Waals surface area contributed by atoms with Crippen LogP contribution in [0.1, 0.15) is 34.9 Å². The first-order valence-electron chi connectivity index (χ1n) is 11.1. The predicted molar refractivity (Wildman–Crippen MR) is 134 cm³/mol. The molecular weight excluding hydrogens is 482 g/mol. The number of aliphatic imine (C=N–C) groups is 1. The highest BCUT2D eigenvalue weighted by atomic mass is 32.2. The minimum Gasteiger partial charge on any atom is -0.508 e. The summed E-state index contributed by atoms with van der Waals surface area (Å²) in [7, 11) is 0. The minimum absolute atomic E-state index is 0.0165. The molecule has 1 atom stereocenters. The largest absolute Gasteiger partial charge is 0.508 e. The van der Waals surface area contributed by atoms with Crippen LogP contribution in [0.15, 0.2) is 64.1 Å². The van der Waals surface area contributed by atoms with Crippen LogP contribution in [0.3, 0.4) is 0 Å². The molecule has 11 heteroatoms. The number of esters is 1. The molecule has 0 spiro atoms. The van der Waals surface area contributed by atoms with Crippen molar-refractivity contribution in [2.45, 2.75) is 39.1 Å². The number of phenols is 2. The Morgan fingerprint density at radius 2 is 1.89 bits per heavy atom. The Balaban J connectivity index is 1.44. The van der Waals surface area contributed by atoms with Crippen molar-refractivity contribution in [1.82, 2.24) is 9.97 Å². The number of benzene rings is 1. The zero-order valence-electron chi connectivity index (χ0n) is 19.7. The van der Waals surface area contributed by atoms with E-state index in [-0.39, 0.29) is 30.4 Å². The molecule has 2 aromatic heterocycles. The number of pyridine rings is 2. The van der Waals surface area contributed by atoms with E-state index >= 15 is 0 Å². The number of aromatic hydroxyl groups is 3. The van der Waals surface area contributed by atoms with E-state index in [2.05, 4.69) is 25.2 Å². The molecule has 3 heterocycles. The van der Waals surface area contributed by atoms with Gasteiger partial charge < -0.3 is 20.1 Å². The number of aromatic nitrogens is 2. The molecule has 1 aliphatic rings. The van der Waals surface area contributed by atoms with E-state index in [1.807, 2.05) is 12.1 Å². The third kappa shape index (κ3) is 5.62. The van der Waals surface area contributed by atoms with Gasteiger partial charge in [-0.1, -0.05) is 0 Å². The number of rotatable bonds is 8. The Hall–Kier alpha value is -3.99. The maximum Gasteiger partial charge on any atom is 0.334 e. The number of azo groups is 1. The maximum atomic E-state index is 13.0. The average molecular weight is 508 g/mol. The van der Waals surface area contributed by atoms with Crippen LogP contribution in [0, 0.1) is 6.92 Å². The molecule has 1 aromatic carbocycles. The van der Waals surface area contributed by atoms with Gasteiger partial charge in [-0.2, -0.15) is 10.2 Å². The fraction of sp³-hybridized carbons (Fsp3) is 0.280. The van der Waals surface area contributed by atoms with Crippen LogP contribution < -0.4 is 0 Å². The highest BCUT2D eigenvalue weighted by Crippen LogP contribution is 2.36. The summed E-state index contributed by atoms with van der Waals surface area (Å²) >= 11 is 1.32. The summed E-state index contributed by atoms with van der Waals surface area (Å²) in [6.07, 6.45) is 4.91. The third-order valence-electron chi connectivity index (χ3n) is 5.61. The van der Waals surface area contributed by atoms with Crippen molar-refractivity contribution in [3.05, 3.63) is 76.9 Å². The molecule has 3 N–H and O–H groups in total. The quantitative estimate of drug-likeness (QED) is 0.305. The predicted octanol–water partition coefficient (Wildman–Crippen LogP) is 4.05. The highest BCUT2D eigenvalue weighted by Gasteiger charge is 2.40. The minimum atomic E-state index is -1.16. The molecule has 1 unspecified atom stereocenters. The van der Waals surface area contributed by atoms with Gasteiger partial charge in [0.05, 0.1) is 18.8 Å². The van der Waals surface area contributed by atoms with Gasteiger partial charge in [0.2, 0.25) is 0 Å². The molecule has 0 saturated carbocycles. The second kappa shape index (κ2) is 10.7. The molecule has 1 aliphatic heterocycles. The van der Waals surface area contributed by atoms with Gasteiger partial charge in [0.15, 0.2) is 5.54 Å². The van der Waals surface area contributed by atoms with Crippen molar-refractivity contribution >= 4 is 22.8 Å². The Kier molecular flexibility index (Phi) is 7.49. The molecule has 4 rings (SSSR count). The molecule has 0 radical (unpaired) electrons. The van der Waals surface area contributed by atoms with Gasteiger partial charge in [-0.05, 0) is 43.7 Å². The topological polar surface area (TPSA) is 150 Å². The highest BCUT2D eigenvalue weighted by molar-refractivity contribution is 8.14. The number of ether oxygens (including phenoxy) is 1. The van der Waals surface area contributed by atoms with E-state index < -0.39 is 11.5 Å². The van der Waals surface area contributed by atoms with Crippen LogP contribution in [0.5, 0.6) is 17.2 Å². The van der Waals surface area contributed by atoms with E-state index in [9.17, 15) is 20.1 Å². The Morgan fingerprint density at radius 1 is 1.14 bits per heavy atom. The Morgan fingerprint density at radius 3 is 2.64 bits per heavy atom. The number of phenolic OH excluding ortho intramolecular Hbond substituents is 2. The monoisotopic (exact) mass is 507 g/mol. The number of hydrogen-bond acceptors (Lipinski definition) is 11. The van der Waals surface area contributed by atoms with Gasteiger partial charge in [-0.3, -0.25) is 15.0 Å². The summed E-state index contributed by atoms with van der Waals surface area (Å²) < 4.78 is 5.57. The first kappa shape index (κ1) is 25.1. The van der Waals surface area contributed by atoms with Crippen molar-refractivity contribution < 1.29 is 24.9 Å². The number of nitrogens with zero attached hydrogens (tertiary/aromatic N) is 5. The first-order valence-corrected chi connectivity index (χ1v) is 12.1. The molecule has 0 bridgehead atoms. The first-order chi connectivity index (χ1) is 17.3. The zero-order chi connectivity index (χ0) is 25.7. The molecule has 36 heavy (non-hydrogen) atoms. The van der Waals surface area contributed by atoms with Crippen molar-refractivity contribution in [3.63, 3.8) is 0 Å². The standard InChI is InChI=1S/C25H25N5O5S/c1-15-22(33)20(12-29-28-10-16-5-7-26-8-6-16)17(11-27-15)13-35-24(34)25(2)14-36-23(30-25)19-4-3-18(31)9-21(19)32/h3-9,11,31-33H,10,12-14H2,1-2H3. The summed E-state index contributed by atoms with van der Waals surface area (Å²) in [5.74, 6) is -0.423. The third-order valence-corrected chi connectivity index (χ3v) is 6.90. The number of carbonyl (C=O) groups is 1. The van der Waals surface area contributed by atoms with Crippen molar-refractivity contribution in [3.8, 4) is 17.2 Å². The SMILES string of the molecule is Cc1ncc(COC(=O)C2(C)CSC(c3ccc(O)cc3O)=N2)c(CN=NCc2ccncc2)c1O. The van der Waals surface area contributed by atoms with Crippen molar-refractivity contribution in [2.24, 2.45) is 15.2 Å². The van der Waals surface area contributed by atoms with Crippen LogP contribution in [0.2, 0.25) is 0 Å². The molecule has 186 valence electrons. The van der Waals surface area contributed by atoms with Gasteiger partial charge in [-0.25, -0.2) is 4.79 Å². The van der Waals surface area contributed by atoms with E-state index in [0.29, 0.717) is 39.7 Å². The number of hydrogen-bond donors (Lipinski definition) is 3. The normalized spacial score (nSPS) is 17.3. The summed E-state index contributed by atoms with van der Waals surface area (Å²) in [6.45, 7) is 3.69. The molecule has 0 fully saturated rings. The van der Waals surface area contributed by atoms with Gasteiger partial charge in [0, 0.05) is 47.1 Å². The summed E-state index contributed by atoms with van der Waals surface area (Å²) in [4.78, 5) is 25.6. The van der Waals surface area contributed by atoms with Crippen molar-refractivity contribution in [2.75, 3.05) is 5.75 Å². The molecule has 0 saturated heterocycles. The Bertz CT molecular complexity index is 1330. The second-order valence-electron chi connectivity index (χ2n) is 8.41. The summed E-state index contributed by atoms with van der Waals surface area (Å²) in [5.41, 5.74) is 1.67. The lowest BCUT2D eigenvalue weighted by Gasteiger charge is -2.18. The number of carbonyl (C=O) groups excluding carboxylic acids is 1. The second-order valence-corrected chi connectivity index (χ2v) is 9.37. The van der Waals surface area contributed by atoms with E-state index in [4.69, 9.17) is 4.74 Å². The molecule has 0 amide bonds. The van der Waals surface area contributed by atoms with Crippen LogP contribution in [0.25, 0.3) is 0 Å². The maximum absolute atomic E-state index is 13.0. The lowest BCUT2D eigenvalue weighted by molar-refractivity contribution is -0.149. The molecule has 3 aromatic rings. The lowest BCUT2D eigenvalue weighted by Crippen LogP contribution is -2.35. The molecule has 10 nitrogen and oxygen atoms in total. The van der Waals surface area contributed by atoms with E-state index in [0.717, 1.165) is 5.56 Å². The smallest absolute Gasteiger partial charge is 0.334 e. The van der Waals surface area contributed by atoms with Crippen molar-refractivity contribution in [1.29, 1.82) is 0 Å². The summed E-state index contributed by atoms with van der Waals surface area (Å²) in [5, 5.41) is 39.0. The zero-order valence-corrected chi connectivity index (χ0v) is 20.6. The van der Waals surface area contributed by atoms with E-state index in [1.165, 1.54) is 23.9 Å². The van der Waals surface area contributed by atoms with Crippen LogP contribution in [-0.4, -0.2) is 47.6 Å². The van der Waals surface area contributed by atoms with Crippen LogP contribution >= 0.6 is 11.8 Å². The van der Waals surface area contributed by atoms with Crippen LogP contribution in [-0.2, 0) is 29.2 Å². The van der Waals surface area contributed by atoms with Crippen LogP contribution in [0.4, 0.5) is 0 Å². The van der Waals surface area contributed by atoms with Gasteiger partial charge in [0.25, 0.3) is 0 Å².